The van der Waals surface area contributed by atoms with Crippen molar-refractivity contribution in [2.75, 3.05) is 5.73 Å². The van der Waals surface area contributed by atoms with Crippen LogP contribution in [-0.4, -0.2) is 16.2 Å². The third kappa shape index (κ3) is 2.68. The second kappa shape index (κ2) is 5.63. The molecular formula is C17H20N2O. The van der Waals surface area contributed by atoms with E-state index in [0.29, 0.717) is 12.3 Å². The van der Waals surface area contributed by atoms with Gasteiger partial charge in [-0.2, -0.15) is 0 Å². The van der Waals surface area contributed by atoms with E-state index in [2.05, 4.69) is 29.2 Å². The first-order chi connectivity index (χ1) is 9.74. The molecule has 1 heterocycles. The highest BCUT2D eigenvalue weighted by Gasteiger charge is 2.25. The lowest BCUT2D eigenvalue weighted by molar-refractivity contribution is 0.0994. The number of nitrogens with zero attached hydrogens (tertiary/aromatic N) is 1. The summed E-state index contributed by atoms with van der Waals surface area (Å²) in [5.41, 5.74) is 10.4. The molecule has 0 radical (unpaired) electrons. The first-order valence-corrected chi connectivity index (χ1v) is 7.17. The zero-order valence-electron chi connectivity index (χ0n) is 11.5. The van der Waals surface area contributed by atoms with Crippen LogP contribution in [0.2, 0.25) is 0 Å². The van der Waals surface area contributed by atoms with E-state index in [1.54, 1.807) is 18.5 Å². The zero-order valence-corrected chi connectivity index (χ0v) is 11.5. The number of anilines is 1. The van der Waals surface area contributed by atoms with Crippen LogP contribution in [0.1, 0.15) is 23.1 Å². The van der Waals surface area contributed by atoms with E-state index in [1.807, 2.05) is 0 Å². The Labute approximate surface area is 119 Å². The van der Waals surface area contributed by atoms with Crippen molar-refractivity contribution in [3.05, 3.63) is 59.4 Å². The Morgan fingerprint density at radius 2 is 2.05 bits per heavy atom. The lowest BCUT2D eigenvalue weighted by atomic mass is 9.79. The Bertz CT molecular complexity index is 597. The Kier molecular flexibility index (Phi) is 3.70. The molecule has 3 N–H and O–H groups in total. The van der Waals surface area contributed by atoms with Crippen molar-refractivity contribution < 1.29 is 5.11 Å². The molecule has 1 aliphatic carbocycles. The average molecular weight is 268 g/mol. The van der Waals surface area contributed by atoms with Gasteiger partial charge in [0.05, 0.1) is 6.10 Å². The molecule has 0 amide bonds. The highest BCUT2D eigenvalue weighted by Crippen LogP contribution is 2.29. The van der Waals surface area contributed by atoms with E-state index in [-0.39, 0.29) is 6.10 Å². The lowest BCUT2D eigenvalue weighted by Crippen LogP contribution is -2.28. The highest BCUT2D eigenvalue weighted by atomic mass is 16.3. The number of aliphatic hydroxyl groups excluding tert-OH is 1. The van der Waals surface area contributed by atoms with Gasteiger partial charge in [-0.15, -0.1) is 0 Å². The maximum absolute atomic E-state index is 10.5. The summed E-state index contributed by atoms with van der Waals surface area (Å²) in [4.78, 5) is 4.09. The molecule has 104 valence electrons. The van der Waals surface area contributed by atoms with Crippen molar-refractivity contribution in [1.82, 2.24) is 4.98 Å². The highest BCUT2D eigenvalue weighted by molar-refractivity contribution is 5.44. The molecule has 1 aromatic heterocycles. The molecule has 0 aliphatic heterocycles. The van der Waals surface area contributed by atoms with Gasteiger partial charge in [0, 0.05) is 24.5 Å². The minimum atomic E-state index is -0.352. The molecule has 3 nitrogen and oxygen atoms in total. The predicted molar refractivity (Wildman–Crippen MR) is 80.3 cm³/mol. The van der Waals surface area contributed by atoms with Gasteiger partial charge < -0.3 is 10.8 Å². The standard InChI is InChI=1S/C17H20N2O/c18-16-7-8-19-11-15(16)10-17(20)14-6-5-12-3-1-2-4-13(12)9-14/h1-4,7-8,11,14,17,20H,5-6,9-10H2,(H2,18,19). The summed E-state index contributed by atoms with van der Waals surface area (Å²) >= 11 is 0. The number of aliphatic hydroxyl groups is 1. The second-order valence-electron chi connectivity index (χ2n) is 5.62. The van der Waals surface area contributed by atoms with Crippen molar-refractivity contribution >= 4 is 5.69 Å². The van der Waals surface area contributed by atoms with Gasteiger partial charge in [-0.25, -0.2) is 0 Å². The van der Waals surface area contributed by atoms with Crippen LogP contribution in [0.3, 0.4) is 0 Å². The molecule has 2 atom stereocenters. The summed E-state index contributed by atoms with van der Waals surface area (Å²) in [6.45, 7) is 0. The molecule has 1 aromatic carbocycles. The Morgan fingerprint density at radius 3 is 2.85 bits per heavy atom. The van der Waals surface area contributed by atoms with E-state index >= 15 is 0 Å². The van der Waals surface area contributed by atoms with Crippen LogP contribution in [0.25, 0.3) is 0 Å². The van der Waals surface area contributed by atoms with Crippen molar-refractivity contribution in [3.63, 3.8) is 0 Å². The zero-order chi connectivity index (χ0) is 13.9. The minimum Gasteiger partial charge on any atom is -0.398 e. The Morgan fingerprint density at radius 1 is 1.25 bits per heavy atom. The van der Waals surface area contributed by atoms with E-state index in [4.69, 9.17) is 5.73 Å². The van der Waals surface area contributed by atoms with Crippen molar-refractivity contribution in [2.24, 2.45) is 5.92 Å². The normalized spacial score (nSPS) is 19.4. The molecule has 0 bridgehead atoms. The van der Waals surface area contributed by atoms with Crippen LogP contribution in [-0.2, 0) is 19.3 Å². The number of hydrogen-bond donors (Lipinski definition) is 2. The van der Waals surface area contributed by atoms with Gasteiger partial charge in [0.15, 0.2) is 0 Å². The van der Waals surface area contributed by atoms with Crippen molar-refractivity contribution in [2.45, 2.75) is 31.8 Å². The van der Waals surface area contributed by atoms with Gasteiger partial charge in [0.25, 0.3) is 0 Å². The third-order valence-electron chi connectivity index (χ3n) is 4.30. The van der Waals surface area contributed by atoms with E-state index in [9.17, 15) is 5.11 Å². The smallest absolute Gasteiger partial charge is 0.0613 e. The van der Waals surface area contributed by atoms with Crippen LogP contribution < -0.4 is 5.73 Å². The number of pyridine rings is 1. The Hall–Kier alpha value is -1.87. The number of fused-ring (bicyclic) bond motifs is 1. The molecule has 3 heteroatoms. The van der Waals surface area contributed by atoms with Gasteiger partial charge in [-0.3, -0.25) is 4.98 Å². The number of aromatic nitrogens is 1. The molecule has 0 spiro atoms. The summed E-state index contributed by atoms with van der Waals surface area (Å²) in [7, 11) is 0. The minimum absolute atomic E-state index is 0.310. The number of rotatable bonds is 3. The summed E-state index contributed by atoms with van der Waals surface area (Å²) < 4.78 is 0. The maximum atomic E-state index is 10.5. The van der Waals surface area contributed by atoms with Gasteiger partial charge >= 0.3 is 0 Å². The molecule has 3 rings (SSSR count). The fourth-order valence-electron chi connectivity index (χ4n) is 3.05. The van der Waals surface area contributed by atoms with Crippen LogP contribution in [0.5, 0.6) is 0 Å². The molecule has 20 heavy (non-hydrogen) atoms. The molecule has 0 saturated carbocycles. The van der Waals surface area contributed by atoms with E-state index in [1.165, 1.54) is 11.1 Å². The number of benzene rings is 1. The van der Waals surface area contributed by atoms with Gasteiger partial charge in [0.1, 0.15) is 0 Å². The summed E-state index contributed by atoms with van der Waals surface area (Å²) in [5, 5.41) is 10.5. The van der Waals surface area contributed by atoms with Crippen molar-refractivity contribution in [1.29, 1.82) is 0 Å². The molecule has 2 aromatic rings. The quantitative estimate of drug-likeness (QED) is 0.898. The summed E-state index contributed by atoms with van der Waals surface area (Å²) in [6.07, 6.45) is 6.73. The third-order valence-corrected chi connectivity index (χ3v) is 4.30. The average Bonchev–Trinajstić information content (AvgIpc) is 2.49. The second-order valence-corrected chi connectivity index (χ2v) is 5.62. The van der Waals surface area contributed by atoms with Gasteiger partial charge in [-0.1, -0.05) is 24.3 Å². The lowest BCUT2D eigenvalue weighted by Gasteiger charge is -2.28. The predicted octanol–water partition coefficient (Wildman–Crippen LogP) is 2.37. The van der Waals surface area contributed by atoms with Crippen molar-refractivity contribution in [3.8, 4) is 0 Å². The van der Waals surface area contributed by atoms with Gasteiger partial charge in [0.2, 0.25) is 0 Å². The first-order valence-electron chi connectivity index (χ1n) is 7.17. The largest absolute Gasteiger partial charge is 0.398 e. The van der Waals surface area contributed by atoms with Crippen LogP contribution in [0.4, 0.5) is 5.69 Å². The molecule has 1 aliphatic rings. The summed E-state index contributed by atoms with van der Waals surface area (Å²) in [6, 6.07) is 10.3. The number of nitrogen functional groups attached to an aromatic ring is 1. The topological polar surface area (TPSA) is 59.1 Å². The molecule has 0 saturated heterocycles. The summed E-state index contributed by atoms with van der Waals surface area (Å²) in [5.74, 6) is 0.310. The maximum Gasteiger partial charge on any atom is 0.0613 e. The fourth-order valence-corrected chi connectivity index (χ4v) is 3.05. The fraction of sp³-hybridized carbons (Fsp3) is 0.353. The number of hydrogen-bond acceptors (Lipinski definition) is 3. The first kappa shape index (κ1) is 13.1. The van der Waals surface area contributed by atoms with Gasteiger partial charge in [-0.05, 0) is 47.9 Å². The van der Waals surface area contributed by atoms with Crippen LogP contribution in [0.15, 0.2) is 42.7 Å². The SMILES string of the molecule is Nc1ccncc1CC(O)C1CCc2ccccc2C1. The monoisotopic (exact) mass is 268 g/mol. The van der Waals surface area contributed by atoms with Crippen LogP contribution >= 0.6 is 0 Å². The van der Waals surface area contributed by atoms with E-state index in [0.717, 1.165) is 30.5 Å². The molecular weight excluding hydrogens is 248 g/mol. The Balaban J connectivity index is 1.70. The molecule has 2 unspecified atom stereocenters. The number of aryl methyl sites for hydroxylation is 1. The van der Waals surface area contributed by atoms with Crippen LogP contribution in [0, 0.1) is 5.92 Å². The van der Waals surface area contributed by atoms with E-state index < -0.39 is 0 Å². The molecule has 0 fully saturated rings. The number of nitrogens with two attached hydrogens (primary N) is 1.